The maximum atomic E-state index is 12.8. The van der Waals surface area contributed by atoms with Gasteiger partial charge in [0.2, 0.25) is 0 Å². The SMILES string of the molecule is CCNc1ccccc1C(=O)N1C(C)CCC1CC. The molecule has 0 spiro atoms. The predicted molar refractivity (Wildman–Crippen MR) is 79.6 cm³/mol. The van der Waals surface area contributed by atoms with Crippen LogP contribution in [0, 0.1) is 0 Å². The molecule has 0 aliphatic carbocycles. The van der Waals surface area contributed by atoms with E-state index in [-0.39, 0.29) is 5.91 Å². The zero-order chi connectivity index (χ0) is 13.8. The number of hydrogen-bond donors (Lipinski definition) is 1. The Kier molecular flexibility index (Phi) is 4.46. The van der Waals surface area contributed by atoms with Gasteiger partial charge in [-0.05, 0) is 45.2 Å². The van der Waals surface area contributed by atoms with E-state index in [0.717, 1.165) is 37.1 Å². The van der Waals surface area contributed by atoms with E-state index >= 15 is 0 Å². The van der Waals surface area contributed by atoms with Crippen molar-refractivity contribution in [1.29, 1.82) is 0 Å². The van der Waals surface area contributed by atoms with Crippen LogP contribution in [0.5, 0.6) is 0 Å². The number of benzene rings is 1. The van der Waals surface area contributed by atoms with E-state index in [1.165, 1.54) is 0 Å². The summed E-state index contributed by atoms with van der Waals surface area (Å²) in [6.07, 6.45) is 3.29. The molecule has 1 aliphatic heterocycles. The average Bonchev–Trinajstić information content (AvgIpc) is 2.80. The molecule has 3 nitrogen and oxygen atoms in total. The standard InChI is InChI=1S/C16H24N2O/c1-4-13-11-10-12(3)18(13)16(19)14-8-6-7-9-15(14)17-5-2/h6-9,12-13,17H,4-5,10-11H2,1-3H3. The summed E-state index contributed by atoms with van der Waals surface area (Å²) in [5.74, 6) is 0.174. The van der Waals surface area contributed by atoms with Crippen LogP contribution in [0.4, 0.5) is 5.69 Å². The molecule has 1 amide bonds. The van der Waals surface area contributed by atoms with Gasteiger partial charge in [0.15, 0.2) is 0 Å². The topological polar surface area (TPSA) is 32.3 Å². The van der Waals surface area contributed by atoms with Crippen LogP contribution in [-0.2, 0) is 0 Å². The summed E-state index contributed by atoms with van der Waals surface area (Å²) in [6, 6.07) is 8.58. The Morgan fingerprint density at radius 1 is 1.32 bits per heavy atom. The van der Waals surface area contributed by atoms with Crippen molar-refractivity contribution in [3.8, 4) is 0 Å². The quantitative estimate of drug-likeness (QED) is 0.898. The average molecular weight is 260 g/mol. The third kappa shape index (κ3) is 2.75. The number of amides is 1. The van der Waals surface area contributed by atoms with Gasteiger partial charge in [-0.25, -0.2) is 0 Å². The smallest absolute Gasteiger partial charge is 0.256 e. The highest BCUT2D eigenvalue weighted by Crippen LogP contribution is 2.29. The Labute approximate surface area is 116 Å². The molecule has 0 saturated carbocycles. The second-order valence-corrected chi connectivity index (χ2v) is 5.28. The number of rotatable bonds is 4. The van der Waals surface area contributed by atoms with E-state index in [1.807, 2.05) is 24.3 Å². The number of carbonyl (C=O) groups excluding carboxylic acids is 1. The lowest BCUT2D eigenvalue weighted by Gasteiger charge is -2.29. The molecular formula is C16H24N2O. The van der Waals surface area contributed by atoms with Crippen molar-refractivity contribution in [2.24, 2.45) is 0 Å². The van der Waals surface area contributed by atoms with E-state index in [2.05, 4.69) is 31.0 Å². The number of carbonyl (C=O) groups is 1. The maximum absolute atomic E-state index is 12.8. The molecule has 3 heteroatoms. The summed E-state index contributed by atoms with van der Waals surface area (Å²) in [5, 5.41) is 3.28. The molecule has 1 heterocycles. The lowest BCUT2D eigenvalue weighted by molar-refractivity contribution is 0.0677. The highest BCUT2D eigenvalue weighted by atomic mass is 16.2. The predicted octanol–water partition coefficient (Wildman–Crippen LogP) is 3.52. The van der Waals surface area contributed by atoms with Crippen LogP contribution in [0.25, 0.3) is 0 Å². The molecular weight excluding hydrogens is 236 g/mol. The largest absolute Gasteiger partial charge is 0.385 e. The molecule has 1 aromatic rings. The van der Waals surface area contributed by atoms with Crippen LogP contribution < -0.4 is 5.32 Å². The normalized spacial score (nSPS) is 22.6. The lowest BCUT2D eigenvalue weighted by atomic mass is 10.1. The number of likely N-dealkylation sites (tertiary alicyclic amines) is 1. The molecule has 2 atom stereocenters. The monoisotopic (exact) mass is 260 g/mol. The van der Waals surface area contributed by atoms with Gasteiger partial charge in [0.25, 0.3) is 5.91 Å². The Bertz CT molecular complexity index is 444. The van der Waals surface area contributed by atoms with Crippen molar-refractivity contribution >= 4 is 11.6 Å². The summed E-state index contributed by atoms with van der Waals surface area (Å²) in [5.41, 5.74) is 1.75. The Morgan fingerprint density at radius 3 is 2.74 bits per heavy atom. The summed E-state index contributed by atoms with van der Waals surface area (Å²) >= 11 is 0. The van der Waals surface area contributed by atoms with Crippen LogP contribution >= 0.6 is 0 Å². The maximum Gasteiger partial charge on any atom is 0.256 e. The fourth-order valence-corrected chi connectivity index (χ4v) is 2.99. The second-order valence-electron chi connectivity index (χ2n) is 5.28. The van der Waals surface area contributed by atoms with Gasteiger partial charge in [-0.1, -0.05) is 19.1 Å². The number of nitrogens with one attached hydrogen (secondary N) is 1. The molecule has 1 fully saturated rings. The molecule has 1 saturated heterocycles. The van der Waals surface area contributed by atoms with E-state index in [1.54, 1.807) is 0 Å². The first-order valence-corrected chi connectivity index (χ1v) is 7.34. The molecule has 2 rings (SSSR count). The van der Waals surface area contributed by atoms with Crippen molar-refractivity contribution in [3.05, 3.63) is 29.8 Å². The summed E-state index contributed by atoms with van der Waals surface area (Å²) < 4.78 is 0. The molecule has 1 N–H and O–H groups in total. The fourth-order valence-electron chi connectivity index (χ4n) is 2.99. The molecule has 0 radical (unpaired) electrons. The first-order valence-electron chi connectivity index (χ1n) is 7.34. The van der Waals surface area contributed by atoms with Gasteiger partial charge in [-0.2, -0.15) is 0 Å². The highest BCUT2D eigenvalue weighted by Gasteiger charge is 2.34. The zero-order valence-electron chi connectivity index (χ0n) is 12.1. The van der Waals surface area contributed by atoms with Crippen LogP contribution in [0.3, 0.4) is 0 Å². The van der Waals surface area contributed by atoms with Gasteiger partial charge < -0.3 is 10.2 Å². The van der Waals surface area contributed by atoms with Gasteiger partial charge in [-0.3, -0.25) is 4.79 Å². The van der Waals surface area contributed by atoms with Crippen molar-refractivity contribution in [2.45, 2.75) is 52.1 Å². The minimum absolute atomic E-state index is 0.174. The molecule has 2 unspecified atom stereocenters. The number of para-hydroxylation sites is 1. The second kappa shape index (κ2) is 6.09. The molecule has 0 aromatic heterocycles. The van der Waals surface area contributed by atoms with E-state index in [0.29, 0.717) is 12.1 Å². The summed E-state index contributed by atoms with van der Waals surface area (Å²) in [7, 11) is 0. The molecule has 0 bridgehead atoms. The van der Waals surface area contributed by atoms with Crippen molar-refractivity contribution in [1.82, 2.24) is 4.90 Å². The van der Waals surface area contributed by atoms with Crippen LogP contribution in [-0.4, -0.2) is 29.4 Å². The van der Waals surface area contributed by atoms with Crippen molar-refractivity contribution in [3.63, 3.8) is 0 Å². The molecule has 1 aliphatic rings. The van der Waals surface area contributed by atoms with Crippen LogP contribution in [0.1, 0.15) is 50.4 Å². The van der Waals surface area contributed by atoms with Crippen LogP contribution in [0.15, 0.2) is 24.3 Å². The third-order valence-corrected chi connectivity index (χ3v) is 4.02. The number of hydrogen-bond acceptors (Lipinski definition) is 2. The minimum Gasteiger partial charge on any atom is -0.385 e. The molecule has 104 valence electrons. The Morgan fingerprint density at radius 2 is 2.05 bits per heavy atom. The molecule has 19 heavy (non-hydrogen) atoms. The summed E-state index contributed by atoms with van der Waals surface area (Å²) in [6.45, 7) is 7.20. The fraction of sp³-hybridized carbons (Fsp3) is 0.562. The van der Waals surface area contributed by atoms with Crippen LogP contribution in [0.2, 0.25) is 0 Å². The Hall–Kier alpha value is -1.51. The number of anilines is 1. The van der Waals surface area contributed by atoms with Gasteiger partial charge >= 0.3 is 0 Å². The Balaban J connectivity index is 2.28. The summed E-state index contributed by atoms with van der Waals surface area (Å²) in [4.78, 5) is 14.9. The van der Waals surface area contributed by atoms with E-state index in [9.17, 15) is 4.79 Å². The molecule has 1 aromatic carbocycles. The zero-order valence-corrected chi connectivity index (χ0v) is 12.1. The first kappa shape index (κ1) is 13.9. The minimum atomic E-state index is 0.174. The first-order chi connectivity index (χ1) is 9.19. The third-order valence-electron chi connectivity index (χ3n) is 4.02. The lowest BCUT2D eigenvalue weighted by Crippen LogP contribution is -2.40. The number of nitrogens with zero attached hydrogens (tertiary/aromatic N) is 1. The van der Waals surface area contributed by atoms with Crippen molar-refractivity contribution < 1.29 is 4.79 Å². The van der Waals surface area contributed by atoms with Gasteiger partial charge in [-0.15, -0.1) is 0 Å². The van der Waals surface area contributed by atoms with Gasteiger partial charge in [0.1, 0.15) is 0 Å². The van der Waals surface area contributed by atoms with Crippen molar-refractivity contribution in [2.75, 3.05) is 11.9 Å². The van der Waals surface area contributed by atoms with E-state index in [4.69, 9.17) is 0 Å². The van der Waals surface area contributed by atoms with Gasteiger partial charge in [0, 0.05) is 24.3 Å². The highest BCUT2D eigenvalue weighted by molar-refractivity contribution is 6.00. The van der Waals surface area contributed by atoms with E-state index < -0.39 is 0 Å². The van der Waals surface area contributed by atoms with Gasteiger partial charge in [0.05, 0.1) is 5.56 Å².